The standard InChI is InChI=1S/C16H15F3N2O/c17-16(18,19)12-5-3-9-21(10-12)15(22)14-8-7-11-4-1-2-6-13(11)20-14/h1-2,4,6-8,12H,3,5,9-10H2/t12-/m0/s1. The summed E-state index contributed by atoms with van der Waals surface area (Å²) in [4.78, 5) is 17.9. The Hall–Kier alpha value is -2.11. The largest absolute Gasteiger partial charge is 0.393 e. The number of hydrogen-bond donors (Lipinski definition) is 0. The van der Waals surface area contributed by atoms with E-state index in [1.54, 1.807) is 18.2 Å². The first-order chi connectivity index (χ1) is 10.4. The molecule has 1 saturated heterocycles. The fourth-order valence-electron chi connectivity index (χ4n) is 2.78. The van der Waals surface area contributed by atoms with Crippen LogP contribution in [0.1, 0.15) is 23.3 Å². The molecule has 0 aliphatic carbocycles. The number of pyridine rings is 1. The number of amides is 1. The van der Waals surface area contributed by atoms with Gasteiger partial charge in [0.1, 0.15) is 5.69 Å². The molecule has 2 aromatic rings. The predicted molar refractivity (Wildman–Crippen MR) is 76.4 cm³/mol. The van der Waals surface area contributed by atoms with Crippen molar-refractivity contribution in [3.8, 4) is 0 Å². The number of carbonyl (C=O) groups excluding carboxylic acids is 1. The summed E-state index contributed by atoms with van der Waals surface area (Å²) in [6.07, 6.45) is -3.81. The van der Waals surface area contributed by atoms with Crippen LogP contribution in [0.3, 0.4) is 0 Å². The molecule has 1 aliphatic heterocycles. The summed E-state index contributed by atoms with van der Waals surface area (Å²) in [6.45, 7) is 0.0662. The minimum absolute atomic E-state index is 0.0818. The minimum atomic E-state index is -4.25. The first kappa shape index (κ1) is 14.8. The number of halogens is 3. The van der Waals surface area contributed by atoms with Crippen LogP contribution in [-0.4, -0.2) is 35.1 Å². The molecule has 1 amide bonds. The van der Waals surface area contributed by atoms with Crippen molar-refractivity contribution in [3.63, 3.8) is 0 Å². The van der Waals surface area contributed by atoms with Crippen molar-refractivity contribution in [3.05, 3.63) is 42.1 Å². The van der Waals surface area contributed by atoms with Crippen LogP contribution in [0, 0.1) is 5.92 Å². The van der Waals surface area contributed by atoms with Gasteiger partial charge < -0.3 is 4.90 Å². The van der Waals surface area contributed by atoms with Crippen molar-refractivity contribution in [2.24, 2.45) is 5.92 Å². The molecule has 0 bridgehead atoms. The Bertz CT molecular complexity index is 699. The highest BCUT2D eigenvalue weighted by Gasteiger charge is 2.42. The van der Waals surface area contributed by atoms with Gasteiger partial charge in [0.2, 0.25) is 0 Å². The zero-order chi connectivity index (χ0) is 15.7. The molecule has 1 atom stereocenters. The number of nitrogens with zero attached hydrogens (tertiary/aromatic N) is 2. The highest BCUT2D eigenvalue weighted by molar-refractivity contribution is 5.95. The molecule has 0 spiro atoms. The number of para-hydroxylation sites is 1. The van der Waals surface area contributed by atoms with Gasteiger partial charge in [0, 0.05) is 18.5 Å². The summed E-state index contributed by atoms with van der Waals surface area (Å²) in [5.41, 5.74) is 0.860. The van der Waals surface area contributed by atoms with Gasteiger partial charge in [-0.05, 0) is 25.0 Å². The molecular weight excluding hydrogens is 293 g/mol. The van der Waals surface area contributed by atoms with Gasteiger partial charge in [-0.3, -0.25) is 4.79 Å². The Kier molecular flexibility index (Phi) is 3.76. The van der Waals surface area contributed by atoms with Crippen LogP contribution >= 0.6 is 0 Å². The zero-order valence-corrected chi connectivity index (χ0v) is 11.8. The summed E-state index contributed by atoms with van der Waals surface area (Å²) in [5, 5.41) is 0.894. The van der Waals surface area contributed by atoms with E-state index in [1.165, 1.54) is 4.90 Å². The first-order valence-electron chi connectivity index (χ1n) is 7.17. The highest BCUT2D eigenvalue weighted by atomic mass is 19.4. The Morgan fingerprint density at radius 3 is 2.73 bits per heavy atom. The molecule has 1 aromatic carbocycles. The average Bonchev–Trinajstić information content (AvgIpc) is 2.53. The number of rotatable bonds is 1. The zero-order valence-electron chi connectivity index (χ0n) is 11.8. The van der Waals surface area contributed by atoms with Crippen LogP contribution in [0.25, 0.3) is 10.9 Å². The lowest BCUT2D eigenvalue weighted by Crippen LogP contribution is -2.44. The van der Waals surface area contributed by atoms with E-state index < -0.39 is 18.0 Å². The van der Waals surface area contributed by atoms with E-state index >= 15 is 0 Å². The normalized spacial score (nSPS) is 19.4. The molecule has 1 aliphatic rings. The van der Waals surface area contributed by atoms with Gasteiger partial charge in [0.05, 0.1) is 11.4 Å². The lowest BCUT2D eigenvalue weighted by atomic mass is 9.97. The van der Waals surface area contributed by atoms with Gasteiger partial charge in [0.25, 0.3) is 5.91 Å². The van der Waals surface area contributed by atoms with E-state index in [-0.39, 0.29) is 18.7 Å². The summed E-state index contributed by atoms with van der Waals surface area (Å²) in [7, 11) is 0. The van der Waals surface area contributed by atoms with E-state index in [0.29, 0.717) is 18.5 Å². The fourth-order valence-corrected chi connectivity index (χ4v) is 2.78. The maximum atomic E-state index is 12.8. The molecule has 1 fully saturated rings. The van der Waals surface area contributed by atoms with Crippen LogP contribution in [0.4, 0.5) is 13.2 Å². The molecule has 6 heteroatoms. The van der Waals surface area contributed by atoms with Crippen molar-refractivity contribution in [1.82, 2.24) is 9.88 Å². The number of benzene rings is 1. The molecule has 2 heterocycles. The lowest BCUT2D eigenvalue weighted by Gasteiger charge is -2.33. The topological polar surface area (TPSA) is 33.2 Å². The second-order valence-corrected chi connectivity index (χ2v) is 5.52. The van der Waals surface area contributed by atoms with Crippen LogP contribution in [-0.2, 0) is 0 Å². The Morgan fingerprint density at radius 2 is 1.95 bits per heavy atom. The van der Waals surface area contributed by atoms with Gasteiger partial charge in [-0.15, -0.1) is 0 Å². The van der Waals surface area contributed by atoms with Crippen molar-refractivity contribution in [2.75, 3.05) is 13.1 Å². The summed E-state index contributed by atoms with van der Waals surface area (Å²) in [6, 6.07) is 10.7. The number of alkyl halides is 3. The third-order valence-electron chi connectivity index (χ3n) is 3.99. The molecule has 22 heavy (non-hydrogen) atoms. The third kappa shape index (κ3) is 2.91. The maximum absolute atomic E-state index is 12.8. The molecule has 0 unspecified atom stereocenters. The molecule has 1 aromatic heterocycles. The minimum Gasteiger partial charge on any atom is -0.337 e. The molecular formula is C16H15F3N2O. The third-order valence-corrected chi connectivity index (χ3v) is 3.99. The second-order valence-electron chi connectivity index (χ2n) is 5.52. The Balaban J connectivity index is 1.82. The van der Waals surface area contributed by atoms with Gasteiger partial charge in [-0.1, -0.05) is 24.3 Å². The Morgan fingerprint density at radius 1 is 1.18 bits per heavy atom. The predicted octanol–water partition coefficient (Wildman–Crippen LogP) is 3.65. The van der Waals surface area contributed by atoms with Crippen molar-refractivity contribution < 1.29 is 18.0 Å². The van der Waals surface area contributed by atoms with Crippen LogP contribution in [0.15, 0.2) is 36.4 Å². The second kappa shape index (κ2) is 5.59. The smallest absolute Gasteiger partial charge is 0.337 e. The number of piperidine rings is 1. The van der Waals surface area contributed by atoms with E-state index in [2.05, 4.69) is 4.98 Å². The quantitative estimate of drug-likeness (QED) is 0.805. The van der Waals surface area contributed by atoms with Gasteiger partial charge in [0.15, 0.2) is 0 Å². The fraction of sp³-hybridized carbons (Fsp3) is 0.375. The van der Waals surface area contributed by atoms with E-state index in [0.717, 1.165) is 5.39 Å². The van der Waals surface area contributed by atoms with Crippen LogP contribution in [0.2, 0.25) is 0 Å². The molecule has 0 saturated carbocycles. The Labute approximate surface area is 125 Å². The lowest BCUT2D eigenvalue weighted by molar-refractivity contribution is -0.184. The first-order valence-corrected chi connectivity index (χ1v) is 7.17. The van der Waals surface area contributed by atoms with Crippen molar-refractivity contribution in [2.45, 2.75) is 19.0 Å². The summed E-state index contributed by atoms with van der Waals surface area (Å²) in [5.74, 6) is -1.87. The van der Waals surface area contributed by atoms with Crippen LogP contribution < -0.4 is 0 Å². The summed E-state index contributed by atoms with van der Waals surface area (Å²) >= 11 is 0. The monoisotopic (exact) mass is 308 g/mol. The molecule has 0 N–H and O–H groups in total. The van der Waals surface area contributed by atoms with Gasteiger partial charge in [-0.25, -0.2) is 4.98 Å². The average molecular weight is 308 g/mol. The SMILES string of the molecule is O=C(c1ccc2ccccc2n1)N1CCC[C@H](C(F)(F)F)C1. The van der Waals surface area contributed by atoms with Crippen LogP contribution in [0.5, 0.6) is 0 Å². The molecule has 3 nitrogen and oxygen atoms in total. The number of hydrogen-bond acceptors (Lipinski definition) is 2. The van der Waals surface area contributed by atoms with Crippen molar-refractivity contribution >= 4 is 16.8 Å². The number of aromatic nitrogens is 1. The van der Waals surface area contributed by atoms with E-state index in [9.17, 15) is 18.0 Å². The molecule has 3 rings (SSSR count). The molecule has 116 valence electrons. The number of carbonyl (C=O) groups is 1. The van der Waals surface area contributed by atoms with Crippen molar-refractivity contribution in [1.29, 1.82) is 0 Å². The molecule has 0 radical (unpaired) electrons. The highest BCUT2D eigenvalue weighted by Crippen LogP contribution is 2.33. The van der Waals surface area contributed by atoms with Gasteiger partial charge in [-0.2, -0.15) is 13.2 Å². The summed E-state index contributed by atoms with van der Waals surface area (Å²) < 4.78 is 38.5. The number of likely N-dealkylation sites (tertiary alicyclic amines) is 1. The van der Waals surface area contributed by atoms with E-state index in [4.69, 9.17) is 0 Å². The number of fused-ring (bicyclic) bond motifs is 1. The maximum Gasteiger partial charge on any atom is 0.393 e. The van der Waals surface area contributed by atoms with E-state index in [1.807, 2.05) is 18.2 Å². The van der Waals surface area contributed by atoms with Gasteiger partial charge >= 0.3 is 6.18 Å².